The third-order valence-electron chi connectivity index (χ3n) is 1.62. The minimum absolute atomic E-state index is 0.759. The van der Waals surface area contributed by atoms with E-state index in [4.69, 9.17) is 4.74 Å². The summed E-state index contributed by atoms with van der Waals surface area (Å²) in [6.45, 7) is 5.65. The van der Waals surface area contributed by atoms with Crippen molar-refractivity contribution in [2.24, 2.45) is 0 Å². The van der Waals surface area contributed by atoms with E-state index in [-0.39, 0.29) is 0 Å². The number of halogens is 1. The summed E-state index contributed by atoms with van der Waals surface area (Å²) in [7, 11) is 0. The predicted molar refractivity (Wildman–Crippen MR) is 59.5 cm³/mol. The first kappa shape index (κ1) is 10.4. The zero-order valence-electron chi connectivity index (χ0n) is 7.93. The van der Waals surface area contributed by atoms with Crippen molar-refractivity contribution in [3.05, 3.63) is 22.7 Å². The van der Waals surface area contributed by atoms with Crippen LogP contribution in [0.5, 0.6) is 5.75 Å². The standard InChI is InChI=1S/C8H8BrNO.C2H6/c9-6-1-2-8-7(5-6)10-3-4-11-8;1-2/h1-2,5,10H,3-4H2;1-2H3. The molecule has 0 atom stereocenters. The van der Waals surface area contributed by atoms with E-state index in [2.05, 4.69) is 21.2 Å². The summed E-state index contributed by atoms with van der Waals surface area (Å²) < 4.78 is 6.47. The number of fused-ring (bicyclic) bond motifs is 1. The van der Waals surface area contributed by atoms with E-state index >= 15 is 0 Å². The molecule has 0 spiro atoms. The lowest BCUT2D eigenvalue weighted by atomic mass is 10.2. The van der Waals surface area contributed by atoms with E-state index in [1.165, 1.54) is 0 Å². The molecule has 1 aromatic carbocycles. The SMILES string of the molecule is Brc1ccc2c(c1)NCCO2.CC. The Kier molecular flexibility index (Phi) is 4.09. The lowest BCUT2D eigenvalue weighted by Crippen LogP contribution is -2.17. The van der Waals surface area contributed by atoms with Crippen LogP contribution in [0.3, 0.4) is 0 Å². The van der Waals surface area contributed by atoms with Gasteiger partial charge in [0.05, 0.1) is 5.69 Å². The maximum absolute atomic E-state index is 5.40. The zero-order chi connectivity index (χ0) is 9.68. The molecule has 0 radical (unpaired) electrons. The Morgan fingerprint density at radius 2 is 2.15 bits per heavy atom. The molecule has 0 saturated carbocycles. The molecule has 72 valence electrons. The molecule has 1 aromatic rings. The van der Waals surface area contributed by atoms with E-state index in [0.29, 0.717) is 0 Å². The quantitative estimate of drug-likeness (QED) is 0.756. The van der Waals surface area contributed by atoms with Gasteiger partial charge in [-0.3, -0.25) is 0 Å². The fourth-order valence-corrected chi connectivity index (χ4v) is 1.47. The van der Waals surface area contributed by atoms with E-state index in [1.807, 2.05) is 32.0 Å². The minimum atomic E-state index is 0.759. The third kappa shape index (κ3) is 2.62. The van der Waals surface area contributed by atoms with Gasteiger partial charge in [-0.1, -0.05) is 29.8 Å². The molecule has 0 aliphatic carbocycles. The molecule has 0 amide bonds. The van der Waals surface area contributed by atoms with Gasteiger partial charge in [-0.05, 0) is 18.2 Å². The fourth-order valence-electron chi connectivity index (χ4n) is 1.11. The molecule has 1 aliphatic heterocycles. The van der Waals surface area contributed by atoms with Crippen LogP contribution in [0.25, 0.3) is 0 Å². The van der Waals surface area contributed by atoms with Crippen LogP contribution in [0.2, 0.25) is 0 Å². The molecule has 1 heterocycles. The molecule has 13 heavy (non-hydrogen) atoms. The summed E-state index contributed by atoms with van der Waals surface area (Å²) >= 11 is 3.39. The largest absolute Gasteiger partial charge is 0.490 e. The highest BCUT2D eigenvalue weighted by atomic mass is 79.9. The number of nitrogens with one attached hydrogen (secondary N) is 1. The van der Waals surface area contributed by atoms with E-state index in [0.717, 1.165) is 29.1 Å². The number of anilines is 1. The van der Waals surface area contributed by atoms with E-state index in [1.54, 1.807) is 0 Å². The average Bonchev–Trinajstić information content (AvgIpc) is 2.21. The Balaban J connectivity index is 0.000000396. The molecule has 0 fully saturated rings. The van der Waals surface area contributed by atoms with Crippen LogP contribution >= 0.6 is 15.9 Å². The highest BCUT2D eigenvalue weighted by molar-refractivity contribution is 9.10. The van der Waals surface area contributed by atoms with Crippen LogP contribution in [-0.4, -0.2) is 13.2 Å². The molecule has 0 bridgehead atoms. The van der Waals surface area contributed by atoms with E-state index < -0.39 is 0 Å². The molecule has 1 N–H and O–H groups in total. The molecular weight excluding hydrogens is 230 g/mol. The molecule has 0 saturated heterocycles. The highest BCUT2D eigenvalue weighted by Crippen LogP contribution is 2.29. The van der Waals surface area contributed by atoms with Crippen LogP contribution in [0.1, 0.15) is 13.8 Å². The number of hydrogen-bond acceptors (Lipinski definition) is 2. The second-order valence-corrected chi connectivity index (χ2v) is 3.33. The van der Waals surface area contributed by atoms with Gasteiger partial charge in [0, 0.05) is 11.0 Å². The van der Waals surface area contributed by atoms with Gasteiger partial charge < -0.3 is 10.1 Å². The summed E-state index contributed by atoms with van der Waals surface area (Å²) in [6, 6.07) is 5.96. The van der Waals surface area contributed by atoms with Crippen LogP contribution in [0, 0.1) is 0 Å². The number of benzene rings is 1. The Hall–Kier alpha value is -0.700. The normalized spacial score (nSPS) is 12.8. The van der Waals surface area contributed by atoms with Crippen LogP contribution < -0.4 is 10.1 Å². The predicted octanol–water partition coefficient (Wildman–Crippen LogP) is 3.28. The van der Waals surface area contributed by atoms with Gasteiger partial charge in [0.1, 0.15) is 12.4 Å². The third-order valence-corrected chi connectivity index (χ3v) is 2.11. The molecule has 0 aromatic heterocycles. The molecular formula is C10H14BrNO. The topological polar surface area (TPSA) is 21.3 Å². The van der Waals surface area contributed by atoms with Gasteiger partial charge in [-0.2, -0.15) is 0 Å². The second-order valence-electron chi connectivity index (χ2n) is 2.42. The van der Waals surface area contributed by atoms with Gasteiger partial charge in [-0.15, -0.1) is 0 Å². The first-order valence-electron chi connectivity index (χ1n) is 4.52. The molecule has 0 unspecified atom stereocenters. The monoisotopic (exact) mass is 243 g/mol. The maximum Gasteiger partial charge on any atom is 0.142 e. The number of rotatable bonds is 0. The Bertz CT molecular complexity index is 276. The van der Waals surface area contributed by atoms with Crippen molar-refractivity contribution in [3.8, 4) is 5.75 Å². The molecule has 1 aliphatic rings. The summed E-state index contributed by atoms with van der Waals surface area (Å²) in [4.78, 5) is 0. The van der Waals surface area contributed by atoms with Crippen molar-refractivity contribution in [3.63, 3.8) is 0 Å². The smallest absolute Gasteiger partial charge is 0.142 e. The Morgan fingerprint density at radius 3 is 2.92 bits per heavy atom. The lowest BCUT2D eigenvalue weighted by Gasteiger charge is -2.18. The van der Waals surface area contributed by atoms with Crippen molar-refractivity contribution in [2.75, 3.05) is 18.5 Å². The van der Waals surface area contributed by atoms with Crippen molar-refractivity contribution in [2.45, 2.75) is 13.8 Å². The second kappa shape index (κ2) is 5.12. The van der Waals surface area contributed by atoms with Crippen molar-refractivity contribution >= 4 is 21.6 Å². The van der Waals surface area contributed by atoms with Crippen LogP contribution in [-0.2, 0) is 0 Å². The van der Waals surface area contributed by atoms with Gasteiger partial charge in [0.2, 0.25) is 0 Å². The van der Waals surface area contributed by atoms with Crippen LogP contribution in [0.4, 0.5) is 5.69 Å². The summed E-state index contributed by atoms with van der Waals surface area (Å²) in [5.74, 6) is 0.944. The van der Waals surface area contributed by atoms with Gasteiger partial charge >= 0.3 is 0 Å². The van der Waals surface area contributed by atoms with Crippen molar-refractivity contribution in [1.29, 1.82) is 0 Å². The highest BCUT2D eigenvalue weighted by Gasteiger charge is 2.07. The summed E-state index contributed by atoms with van der Waals surface area (Å²) in [6.07, 6.45) is 0. The van der Waals surface area contributed by atoms with Gasteiger partial charge in [-0.25, -0.2) is 0 Å². The first-order valence-corrected chi connectivity index (χ1v) is 5.32. The minimum Gasteiger partial charge on any atom is -0.490 e. The zero-order valence-corrected chi connectivity index (χ0v) is 9.52. The van der Waals surface area contributed by atoms with E-state index in [9.17, 15) is 0 Å². The lowest BCUT2D eigenvalue weighted by molar-refractivity contribution is 0.323. The molecule has 2 nitrogen and oxygen atoms in total. The van der Waals surface area contributed by atoms with Crippen molar-refractivity contribution < 1.29 is 4.74 Å². The molecule has 2 rings (SSSR count). The number of ether oxygens (including phenoxy) is 1. The van der Waals surface area contributed by atoms with Gasteiger partial charge in [0.15, 0.2) is 0 Å². The van der Waals surface area contributed by atoms with Crippen molar-refractivity contribution in [1.82, 2.24) is 0 Å². The fraction of sp³-hybridized carbons (Fsp3) is 0.400. The van der Waals surface area contributed by atoms with Gasteiger partial charge in [0.25, 0.3) is 0 Å². The maximum atomic E-state index is 5.40. The molecule has 3 heteroatoms. The Labute approximate surface area is 87.4 Å². The summed E-state index contributed by atoms with van der Waals surface area (Å²) in [5.41, 5.74) is 1.07. The summed E-state index contributed by atoms with van der Waals surface area (Å²) in [5, 5.41) is 3.25. The average molecular weight is 244 g/mol. The Morgan fingerprint density at radius 1 is 1.38 bits per heavy atom. The van der Waals surface area contributed by atoms with Crippen LogP contribution in [0.15, 0.2) is 22.7 Å². The number of hydrogen-bond donors (Lipinski definition) is 1. The first-order chi connectivity index (χ1) is 6.36.